The second-order valence-electron chi connectivity index (χ2n) is 8.72. The lowest BCUT2D eigenvalue weighted by Crippen LogP contribution is -2.31. The topological polar surface area (TPSA) is 102 Å². The summed E-state index contributed by atoms with van der Waals surface area (Å²) in [7, 11) is -5.32. The molecule has 7 nitrogen and oxygen atoms in total. The van der Waals surface area contributed by atoms with Crippen molar-refractivity contribution in [3.05, 3.63) is 64.5 Å². The molecule has 164 valence electrons. The molecule has 0 aliphatic carbocycles. The molecule has 1 unspecified atom stereocenters. The molecule has 30 heavy (non-hydrogen) atoms. The number of nitrogens with one attached hydrogen (secondary N) is 1. The molecule has 0 bridgehead atoms. The summed E-state index contributed by atoms with van der Waals surface area (Å²) in [5.74, 6) is -0.436. The van der Waals surface area contributed by atoms with Crippen LogP contribution in [0.25, 0.3) is 0 Å². The van der Waals surface area contributed by atoms with E-state index in [1.165, 1.54) is 36.4 Å². The van der Waals surface area contributed by atoms with Gasteiger partial charge in [-0.2, -0.15) is 0 Å². The van der Waals surface area contributed by atoms with Gasteiger partial charge in [-0.25, -0.2) is 17.2 Å². The van der Waals surface area contributed by atoms with E-state index >= 15 is 0 Å². The van der Waals surface area contributed by atoms with E-state index < -0.39 is 37.2 Å². The van der Waals surface area contributed by atoms with Crippen molar-refractivity contribution < 1.29 is 17.7 Å². The van der Waals surface area contributed by atoms with Gasteiger partial charge < -0.3 is 0 Å². The highest BCUT2D eigenvalue weighted by atomic mass is 32.3. The highest BCUT2D eigenvalue weighted by molar-refractivity contribution is 8.02. The van der Waals surface area contributed by atoms with E-state index in [4.69, 9.17) is 4.36 Å². The van der Waals surface area contributed by atoms with Crippen molar-refractivity contribution in [1.29, 1.82) is 0 Å². The lowest BCUT2D eigenvalue weighted by molar-refractivity contribution is -0.384. The lowest BCUT2D eigenvalue weighted by Gasteiger charge is -2.30. The standard InChI is InChI=1S/C20H26FN3O4S2/c1-19(2,3)14-20(4,5)22-29(17-10-6-15(21)7-11-17)23-30(27,28)18-12-8-16(9-13-18)24(25)26/h6-13H,14H2,1-5H3,(H,22,23). The summed E-state index contributed by atoms with van der Waals surface area (Å²) in [6, 6.07) is 10.1. The number of halogens is 1. The van der Waals surface area contributed by atoms with Crippen molar-refractivity contribution >= 4 is 26.6 Å². The van der Waals surface area contributed by atoms with Crippen molar-refractivity contribution in [1.82, 2.24) is 4.13 Å². The van der Waals surface area contributed by atoms with Gasteiger partial charge >= 0.3 is 0 Å². The molecular formula is C20H26FN3O4S2. The van der Waals surface area contributed by atoms with Gasteiger partial charge in [0.1, 0.15) is 5.82 Å². The van der Waals surface area contributed by atoms with E-state index in [0.29, 0.717) is 11.3 Å². The van der Waals surface area contributed by atoms with Crippen LogP contribution in [0, 0.1) is 21.3 Å². The molecule has 0 saturated heterocycles. The number of hydrogen-bond donors (Lipinski definition) is 1. The molecule has 0 spiro atoms. The van der Waals surface area contributed by atoms with E-state index in [0.717, 1.165) is 12.1 Å². The molecule has 0 aliphatic rings. The Bertz CT molecular complexity index is 1040. The summed E-state index contributed by atoms with van der Waals surface area (Å²) in [6.45, 7) is 10.0. The van der Waals surface area contributed by atoms with E-state index in [1.807, 2.05) is 13.8 Å². The van der Waals surface area contributed by atoms with Crippen molar-refractivity contribution in [2.24, 2.45) is 9.78 Å². The van der Waals surface area contributed by atoms with E-state index in [1.54, 1.807) is 0 Å². The Balaban J connectivity index is 2.47. The van der Waals surface area contributed by atoms with Gasteiger partial charge in [-0.05, 0) is 62.1 Å². The van der Waals surface area contributed by atoms with Crippen LogP contribution in [-0.2, 0) is 20.9 Å². The quantitative estimate of drug-likeness (QED) is 0.469. The second kappa shape index (κ2) is 8.91. The summed E-state index contributed by atoms with van der Waals surface area (Å²) >= 11 is 0. The molecule has 0 radical (unpaired) electrons. The van der Waals surface area contributed by atoms with E-state index in [9.17, 15) is 22.9 Å². The van der Waals surface area contributed by atoms with E-state index in [-0.39, 0.29) is 16.0 Å². The first-order chi connectivity index (χ1) is 13.7. The monoisotopic (exact) mass is 455 g/mol. The van der Waals surface area contributed by atoms with Crippen LogP contribution in [0.4, 0.5) is 10.1 Å². The van der Waals surface area contributed by atoms with Gasteiger partial charge in [0.2, 0.25) is 0 Å². The van der Waals surface area contributed by atoms with Crippen molar-refractivity contribution in [3.63, 3.8) is 0 Å². The number of non-ortho nitro benzene ring substituents is 1. The molecule has 2 aromatic rings. The van der Waals surface area contributed by atoms with Crippen LogP contribution >= 0.6 is 0 Å². The molecule has 0 heterocycles. The highest BCUT2D eigenvalue weighted by Gasteiger charge is 2.27. The Morgan fingerprint density at radius 1 is 1.03 bits per heavy atom. The predicted molar refractivity (Wildman–Crippen MR) is 116 cm³/mol. The van der Waals surface area contributed by atoms with Crippen LogP contribution in [0.2, 0.25) is 0 Å². The molecule has 0 aliphatic heterocycles. The summed E-state index contributed by atoms with van der Waals surface area (Å²) < 4.78 is 46.6. The summed E-state index contributed by atoms with van der Waals surface area (Å²) in [6.07, 6.45) is 0.698. The molecule has 2 aromatic carbocycles. The summed E-state index contributed by atoms with van der Waals surface area (Å²) in [5, 5.41) is 10.8. The first-order valence-corrected chi connectivity index (χ1v) is 11.8. The van der Waals surface area contributed by atoms with Gasteiger partial charge in [-0.1, -0.05) is 20.8 Å². The van der Waals surface area contributed by atoms with Crippen molar-refractivity contribution in [2.45, 2.75) is 56.4 Å². The fourth-order valence-corrected chi connectivity index (χ4v) is 6.46. The van der Waals surface area contributed by atoms with Gasteiger partial charge in [0.25, 0.3) is 15.7 Å². The van der Waals surface area contributed by atoms with Gasteiger partial charge in [0.05, 0.1) is 15.4 Å². The van der Waals surface area contributed by atoms with Crippen LogP contribution in [-0.4, -0.2) is 18.9 Å². The van der Waals surface area contributed by atoms with Gasteiger partial charge in [-0.3, -0.25) is 10.1 Å². The first-order valence-electron chi connectivity index (χ1n) is 9.18. The van der Waals surface area contributed by atoms with E-state index in [2.05, 4.69) is 24.9 Å². The normalized spacial score (nSPS) is 13.9. The Morgan fingerprint density at radius 3 is 2.03 bits per heavy atom. The molecule has 0 saturated carbocycles. The number of benzene rings is 2. The number of hydrogen-bond acceptors (Lipinski definition) is 5. The molecular weight excluding hydrogens is 429 g/mol. The van der Waals surface area contributed by atoms with Crippen molar-refractivity contribution in [3.8, 4) is 0 Å². The third-order valence-electron chi connectivity index (χ3n) is 3.88. The maximum Gasteiger partial charge on any atom is 0.269 e. The van der Waals surface area contributed by atoms with Gasteiger partial charge in [0, 0.05) is 27.9 Å². The SMILES string of the molecule is CC(C)(C)CC(C)(C)N=S(NS(=O)(=O)c1ccc([N+](=O)[O-])cc1)c1ccc(F)cc1. The Kier molecular flexibility index (Phi) is 7.16. The predicted octanol–water partition coefficient (Wildman–Crippen LogP) is 5.00. The smallest absolute Gasteiger partial charge is 0.258 e. The van der Waals surface area contributed by atoms with Crippen LogP contribution in [0.1, 0.15) is 41.0 Å². The number of sulfonamides is 1. The average Bonchev–Trinajstić information content (AvgIpc) is 2.59. The molecule has 0 aromatic heterocycles. The number of nitro benzene ring substituents is 1. The molecule has 0 fully saturated rings. The Hall–Kier alpha value is -2.17. The minimum atomic E-state index is -4.02. The fraction of sp³-hybridized carbons (Fsp3) is 0.400. The zero-order chi connectivity index (χ0) is 22.7. The Labute approximate surface area is 179 Å². The first kappa shape index (κ1) is 24.1. The van der Waals surface area contributed by atoms with Crippen LogP contribution in [0.3, 0.4) is 0 Å². The van der Waals surface area contributed by atoms with Crippen molar-refractivity contribution in [2.75, 3.05) is 0 Å². The van der Waals surface area contributed by atoms with Gasteiger partial charge in [-0.15, -0.1) is 4.13 Å². The maximum absolute atomic E-state index is 13.4. The molecule has 10 heteroatoms. The minimum absolute atomic E-state index is 0.0396. The molecule has 1 atom stereocenters. The summed E-state index contributed by atoms with van der Waals surface area (Å²) in [4.78, 5) is 10.6. The van der Waals surface area contributed by atoms with Gasteiger partial charge in [0.15, 0.2) is 0 Å². The number of rotatable bonds is 7. The fourth-order valence-electron chi connectivity index (χ4n) is 3.16. The lowest BCUT2D eigenvalue weighted by atomic mass is 9.82. The average molecular weight is 456 g/mol. The third-order valence-corrected chi connectivity index (χ3v) is 7.68. The number of nitro groups is 1. The molecule has 2 rings (SSSR count). The zero-order valence-electron chi connectivity index (χ0n) is 17.5. The Morgan fingerprint density at radius 2 is 1.57 bits per heavy atom. The maximum atomic E-state index is 13.4. The van der Waals surface area contributed by atoms with Crippen LogP contribution < -0.4 is 4.13 Å². The summed E-state index contributed by atoms with van der Waals surface area (Å²) in [5.41, 5.74) is -0.807. The third kappa shape index (κ3) is 6.96. The van der Waals surface area contributed by atoms with Crippen LogP contribution in [0.15, 0.2) is 62.7 Å². The largest absolute Gasteiger partial charge is 0.269 e. The highest BCUT2D eigenvalue weighted by Crippen LogP contribution is 2.31. The molecule has 0 amide bonds. The van der Waals surface area contributed by atoms with Crippen LogP contribution in [0.5, 0.6) is 0 Å². The second-order valence-corrected chi connectivity index (χ2v) is 12.1. The minimum Gasteiger partial charge on any atom is -0.258 e. The molecule has 1 N–H and O–H groups in total. The number of nitrogens with zero attached hydrogens (tertiary/aromatic N) is 2. The zero-order valence-corrected chi connectivity index (χ0v) is 19.2.